The second-order valence-corrected chi connectivity index (χ2v) is 3.61. The summed E-state index contributed by atoms with van der Waals surface area (Å²) in [4.78, 5) is 12.3. The summed E-state index contributed by atoms with van der Waals surface area (Å²) in [5.41, 5.74) is 5.55. The molecule has 3 N–H and O–H groups in total. The second-order valence-electron chi connectivity index (χ2n) is 3.61. The summed E-state index contributed by atoms with van der Waals surface area (Å²) in [7, 11) is 0. The Kier molecular flexibility index (Phi) is 2.47. The Morgan fingerprint density at radius 1 is 1.36 bits per heavy atom. The maximum absolute atomic E-state index is 5.55. The third-order valence-corrected chi connectivity index (χ3v) is 2.26. The molecule has 0 aromatic carbocycles. The Morgan fingerprint density at radius 2 is 2.14 bits per heavy atom. The fraction of sp³-hybridized carbons (Fsp3) is 0.667. The molecule has 0 spiro atoms. The standard InChI is InChI=1S/C9H15N5/c1-2-7-12-8(10)14-9(13-7)11-5-6-3-4-6/h6H,2-5H2,1H3,(H3,10,11,12,13,14). The first kappa shape index (κ1) is 9.18. The lowest BCUT2D eigenvalue weighted by molar-refractivity contribution is 0.850. The topological polar surface area (TPSA) is 76.7 Å². The van der Waals surface area contributed by atoms with Gasteiger partial charge in [-0.15, -0.1) is 0 Å². The molecule has 76 valence electrons. The maximum Gasteiger partial charge on any atom is 0.227 e. The summed E-state index contributed by atoms with van der Waals surface area (Å²) >= 11 is 0. The van der Waals surface area contributed by atoms with Crippen LogP contribution in [0.5, 0.6) is 0 Å². The molecule has 0 aliphatic heterocycles. The van der Waals surface area contributed by atoms with Crippen molar-refractivity contribution >= 4 is 11.9 Å². The van der Waals surface area contributed by atoms with Crippen molar-refractivity contribution in [3.63, 3.8) is 0 Å². The van der Waals surface area contributed by atoms with Gasteiger partial charge in [0.05, 0.1) is 0 Å². The van der Waals surface area contributed by atoms with Gasteiger partial charge in [-0.25, -0.2) is 0 Å². The van der Waals surface area contributed by atoms with E-state index in [1.54, 1.807) is 0 Å². The van der Waals surface area contributed by atoms with E-state index in [1.165, 1.54) is 12.8 Å². The maximum atomic E-state index is 5.55. The molecule has 0 radical (unpaired) electrons. The second kappa shape index (κ2) is 3.77. The Balaban J connectivity index is 2.03. The molecular formula is C9H15N5. The number of nitrogens with one attached hydrogen (secondary N) is 1. The van der Waals surface area contributed by atoms with Crippen LogP contribution >= 0.6 is 0 Å². The van der Waals surface area contributed by atoms with Gasteiger partial charge in [-0.2, -0.15) is 15.0 Å². The van der Waals surface area contributed by atoms with Crippen LogP contribution in [0.15, 0.2) is 0 Å². The molecule has 0 unspecified atom stereocenters. The monoisotopic (exact) mass is 193 g/mol. The molecule has 1 heterocycles. The number of nitrogens with two attached hydrogens (primary N) is 1. The number of rotatable bonds is 4. The average molecular weight is 193 g/mol. The zero-order chi connectivity index (χ0) is 9.97. The number of aromatic nitrogens is 3. The van der Waals surface area contributed by atoms with Gasteiger partial charge in [0.2, 0.25) is 11.9 Å². The Bertz CT molecular complexity index is 321. The van der Waals surface area contributed by atoms with Gasteiger partial charge in [0.15, 0.2) is 0 Å². The van der Waals surface area contributed by atoms with Crippen LogP contribution in [0, 0.1) is 5.92 Å². The van der Waals surface area contributed by atoms with Crippen molar-refractivity contribution in [2.75, 3.05) is 17.6 Å². The molecule has 1 aromatic heterocycles. The van der Waals surface area contributed by atoms with Gasteiger partial charge in [0.25, 0.3) is 0 Å². The zero-order valence-corrected chi connectivity index (χ0v) is 8.32. The van der Waals surface area contributed by atoms with Gasteiger partial charge >= 0.3 is 0 Å². The third-order valence-electron chi connectivity index (χ3n) is 2.26. The van der Waals surface area contributed by atoms with Crippen molar-refractivity contribution in [1.82, 2.24) is 15.0 Å². The van der Waals surface area contributed by atoms with E-state index in [2.05, 4.69) is 20.3 Å². The lowest BCUT2D eigenvalue weighted by Crippen LogP contribution is -2.11. The highest BCUT2D eigenvalue weighted by molar-refractivity contribution is 5.31. The minimum atomic E-state index is 0.301. The number of hydrogen-bond acceptors (Lipinski definition) is 5. The Labute approximate surface area is 83.2 Å². The van der Waals surface area contributed by atoms with Crippen molar-refractivity contribution in [3.8, 4) is 0 Å². The summed E-state index contributed by atoms with van der Waals surface area (Å²) < 4.78 is 0. The molecule has 5 heteroatoms. The minimum Gasteiger partial charge on any atom is -0.368 e. The van der Waals surface area contributed by atoms with Gasteiger partial charge in [-0.3, -0.25) is 0 Å². The van der Waals surface area contributed by atoms with E-state index in [1.807, 2.05) is 6.92 Å². The van der Waals surface area contributed by atoms with Crippen LogP contribution in [0.2, 0.25) is 0 Å². The van der Waals surface area contributed by atoms with Crippen LogP contribution in [0.4, 0.5) is 11.9 Å². The Morgan fingerprint density at radius 3 is 2.79 bits per heavy atom. The molecule has 14 heavy (non-hydrogen) atoms. The summed E-state index contributed by atoms with van der Waals surface area (Å²) in [6.45, 7) is 2.95. The van der Waals surface area contributed by atoms with Gasteiger partial charge in [0, 0.05) is 13.0 Å². The highest BCUT2D eigenvalue weighted by Crippen LogP contribution is 2.28. The minimum absolute atomic E-state index is 0.301. The first-order valence-corrected chi connectivity index (χ1v) is 5.02. The van der Waals surface area contributed by atoms with Crippen molar-refractivity contribution in [1.29, 1.82) is 0 Å². The predicted octanol–water partition coefficient (Wildman–Crippen LogP) is 0.838. The first-order valence-electron chi connectivity index (χ1n) is 5.02. The molecule has 2 rings (SSSR count). The fourth-order valence-electron chi connectivity index (χ4n) is 1.23. The van der Waals surface area contributed by atoms with Crippen molar-refractivity contribution < 1.29 is 0 Å². The molecule has 5 nitrogen and oxygen atoms in total. The van der Waals surface area contributed by atoms with E-state index in [0.717, 1.165) is 24.7 Å². The largest absolute Gasteiger partial charge is 0.368 e. The Hall–Kier alpha value is -1.39. The fourth-order valence-corrected chi connectivity index (χ4v) is 1.23. The van der Waals surface area contributed by atoms with Crippen LogP contribution in [0.1, 0.15) is 25.6 Å². The van der Waals surface area contributed by atoms with E-state index in [0.29, 0.717) is 11.9 Å². The number of nitrogen functional groups attached to an aromatic ring is 1. The van der Waals surface area contributed by atoms with Gasteiger partial charge in [0.1, 0.15) is 5.82 Å². The van der Waals surface area contributed by atoms with E-state index < -0.39 is 0 Å². The molecule has 1 fully saturated rings. The average Bonchev–Trinajstić information content (AvgIpc) is 2.97. The van der Waals surface area contributed by atoms with Gasteiger partial charge in [-0.05, 0) is 18.8 Å². The van der Waals surface area contributed by atoms with Crippen LogP contribution in [0.3, 0.4) is 0 Å². The number of hydrogen-bond donors (Lipinski definition) is 2. The third kappa shape index (κ3) is 2.31. The number of nitrogens with zero attached hydrogens (tertiary/aromatic N) is 3. The normalized spacial score (nSPS) is 15.5. The SMILES string of the molecule is CCc1nc(N)nc(NCC2CC2)n1. The molecule has 0 amide bonds. The van der Waals surface area contributed by atoms with E-state index in [-0.39, 0.29) is 0 Å². The smallest absolute Gasteiger partial charge is 0.227 e. The molecule has 0 atom stereocenters. The highest BCUT2D eigenvalue weighted by Gasteiger charge is 2.21. The van der Waals surface area contributed by atoms with Crippen molar-refractivity contribution in [2.24, 2.45) is 5.92 Å². The first-order chi connectivity index (χ1) is 6.78. The van der Waals surface area contributed by atoms with Crippen LogP contribution < -0.4 is 11.1 Å². The number of aryl methyl sites for hydroxylation is 1. The summed E-state index contributed by atoms with van der Waals surface area (Å²) in [6.07, 6.45) is 3.41. The molecule has 0 saturated heterocycles. The molecule has 1 aliphatic carbocycles. The van der Waals surface area contributed by atoms with E-state index in [4.69, 9.17) is 5.73 Å². The highest BCUT2D eigenvalue weighted by atomic mass is 15.2. The van der Waals surface area contributed by atoms with Gasteiger partial charge < -0.3 is 11.1 Å². The summed E-state index contributed by atoms with van der Waals surface area (Å²) in [6, 6.07) is 0. The van der Waals surface area contributed by atoms with Crippen LogP contribution in [0.25, 0.3) is 0 Å². The van der Waals surface area contributed by atoms with E-state index in [9.17, 15) is 0 Å². The lowest BCUT2D eigenvalue weighted by atomic mass is 10.4. The van der Waals surface area contributed by atoms with Gasteiger partial charge in [-0.1, -0.05) is 6.92 Å². The summed E-state index contributed by atoms with van der Waals surface area (Å²) in [5.74, 6) is 2.46. The van der Waals surface area contributed by atoms with Crippen LogP contribution in [-0.2, 0) is 6.42 Å². The van der Waals surface area contributed by atoms with Crippen molar-refractivity contribution in [2.45, 2.75) is 26.2 Å². The lowest BCUT2D eigenvalue weighted by Gasteiger charge is -2.05. The molecule has 1 saturated carbocycles. The molecular weight excluding hydrogens is 178 g/mol. The summed E-state index contributed by atoms with van der Waals surface area (Å²) in [5, 5.41) is 3.18. The number of anilines is 2. The van der Waals surface area contributed by atoms with Crippen LogP contribution in [-0.4, -0.2) is 21.5 Å². The predicted molar refractivity (Wildman–Crippen MR) is 54.8 cm³/mol. The zero-order valence-electron chi connectivity index (χ0n) is 8.32. The molecule has 0 bridgehead atoms. The molecule has 1 aliphatic rings. The quantitative estimate of drug-likeness (QED) is 0.741. The van der Waals surface area contributed by atoms with E-state index >= 15 is 0 Å². The van der Waals surface area contributed by atoms with Crippen molar-refractivity contribution in [3.05, 3.63) is 5.82 Å². The molecule has 1 aromatic rings.